The van der Waals surface area contributed by atoms with Crippen molar-refractivity contribution in [2.45, 2.75) is 19.8 Å². The van der Waals surface area contributed by atoms with Crippen molar-refractivity contribution in [3.63, 3.8) is 0 Å². The predicted octanol–water partition coefficient (Wildman–Crippen LogP) is 2.41. The van der Waals surface area contributed by atoms with Crippen molar-refractivity contribution in [3.05, 3.63) is 29.8 Å². The average Bonchev–Trinajstić information content (AvgIpc) is 2.37. The molecule has 1 aliphatic heterocycles. The SMILES string of the molecule is COC(=O)C1(CNc2ccccc2C(C)C)COC1. The van der Waals surface area contributed by atoms with E-state index in [0.717, 1.165) is 5.69 Å². The molecule has 1 aliphatic rings. The van der Waals surface area contributed by atoms with E-state index in [2.05, 4.69) is 25.2 Å². The smallest absolute Gasteiger partial charge is 0.318 e. The van der Waals surface area contributed by atoms with E-state index in [1.807, 2.05) is 18.2 Å². The molecule has 2 rings (SSSR count). The summed E-state index contributed by atoms with van der Waals surface area (Å²) in [5.74, 6) is 0.240. The quantitative estimate of drug-likeness (QED) is 0.829. The first-order chi connectivity index (χ1) is 9.09. The minimum Gasteiger partial charge on any atom is -0.468 e. The Balaban J connectivity index is 2.08. The highest BCUT2D eigenvalue weighted by Gasteiger charge is 2.47. The van der Waals surface area contributed by atoms with E-state index < -0.39 is 5.41 Å². The summed E-state index contributed by atoms with van der Waals surface area (Å²) in [6, 6.07) is 8.17. The number of nitrogens with one attached hydrogen (secondary N) is 1. The third kappa shape index (κ3) is 2.73. The monoisotopic (exact) mass is 263 g/mol. The molecule has 4 heteroatoms. The van der Waals surface area contributed by atoms with Crippen LogP contribution in [0.2, 0.25) is 0 Å². The van der Waals surface area contributed by atoms with Gasteiger partial charge in [0.2, 0.25) is 0 Å². The van der Waals surface area contributed by atoms with E-state index in [4.69, 9.17) is 9.47 Å². The number of esters is 1. The van der Waals surface area contributed by atoms with E-state index in [-0.39, 0.29) is 5.97 Å². The molecular formula is C15H21NO3. The molecule has 0 saturated carbocycles. The van der Waals surface area contributed by atoms with Crippen LogP contribution in [0.3, 0.4) is 0 Å². The summed E-state index contributed by atoms with van der Waals surface area (Å²) in [6.07, 6.45) is 0. The lowest BCUT2D eigenvalue weighted by Gasteiger charge is -2.38. The van der Waals surface area contributed by atoms with Gasteiger partial charge in [-0.3, -0.25) is 4.79 Å². The van der Waals surface area contributed by atoms with E-state index in [9.17, 15) is 4.79 Å². The second kappa shape index (κ2) is 5.61. The van der Waals surface area contributed by atoms with Gasteiger partial charge in [-0.2, -0.15) is 0 Å². The Labute approximate surface area is 114 Å². The van der Waals surface area contributed by atoms with Crippen molar-refractivity contribution in [1.82, 2.24) is 0 Å². The Kier molecular flexibility index (Phi) is 4.10. The summed E-state index contributed by atoms with van der Waals surface area (Å²) in [6.45, 7) is 5.71. The Bertz CT molecular complexity index is 452. The number of carbonyl (C=O) groups is 1. The van der Waals surface area contributed by atoms with E-state index >= 15 is 0 Å². The Morgan fingerprint density at radius 2 is 2.11 bits per heavy atom. The summed E-state index contributed by atoms with van der Waals surface area (Å²) in [5.41, 5.74) is 1.80. The standard InChI is InChI=1S/C15H21NO3/c1-11(2)12-6-4-5-7-13(12)16-8-15(9-19-10-15)14(17)18-3/h4-7,11,16H,8-10H2,1-3H3. The minimum absolute atomic E-state index is 0.201. The Morgan fingerprint density at radius 1 is 1.42 bits per heavy atom. The zero-order valence-electron chi connectivity index (χ0n) is 11.7. The van der Waals surface area contributed by atoms with Crippen molar-refractivity contribution in [3.8, 4) is 0 Å². The van der Waals surface area contributed by atoms with Crippen molar-refractivity contribution >= 4 is 11.7 Å². The van der Waals surface area contributed by atoms with Crippen LogP contribution in [-0.2, 0) is 14.3 Å². The Morgan fingerprint density at radius 3 is 2.63 bits per heavy atom. The van der Waals surface area contributed by atoms with Crippen LogP contribution in [-0.4, -0.2) is 32.8 Å². The fourth-order valence-corrected chi connectivity index (χ4v) is 2.28. The van der Waals surface area contributed by atoms with Gasteiger partial charge in [0.05, 0.1) is 20.3 Å². The van der Waals surface area contributed by atoms with E-state index in [1.165, 1.54) is 12.7 Å². The van der Waals surface area contributed by atoms with Crippen LogP contribution >= 0.6 is 0 Å². The fourth-order valence-electron chi connectivity index (χ4n) is 2.28. The molecule has 0 atom stereocenters. The average molecular weight is 263 g/mol. The second-order valence-corrected chi connectivity index (χ2v) is 5.36. The highest BCUT2D eigenvalue weighted by Crippen LogP contribution is 2.31. The normalized spacial score (nSPS) is 16.8. The summed E-state index contributed by atoms with van der Waals surface area (Å²) < 4.78 is 10.1. The van der Waals surface area contributed by atoms with E-state index in [0.29, 0.717) is 25.7 Å². The number of para-hydroxylation sites is 1. The molecule has 4 nitrogen and oxygen atoms in total. The van der Waals surface area contributed by atoms with Gasteiger partial charge < -0.3 is 14.8 Å². The molecule has 0 bridgehead atoms. The molecule has 0 unspecified atom stereocenters. The van der Waals surface area contributed by atoms with Crippen molar-refractivity contribution < 1.29 is 14.3 Å². The van der Waals surface area contributed by atoms with Gasteiger partial charge in [-0.25, -0.2) is 0 Å². The molecule has 1 fully saturated rings. The van der Waals surface area contributed by atoms with Crippen LogP contribution < -0.4 is 5.32 Å². The molecule has 0 amide bonds. The number of benzene rings is 1. The van der Waals surface area contributed by atoms with Gasteiger partial charge in [-0.15, -0.1) is 0 Å². The number of ether oxygens (including phenoxy) is 2. The molecule has 1 N–H and O–H groups in total. The van der Waals surface area contributed by atoms with Gasteiger partial charge in [0.15, 0.2) is 0 Å². The molecule has 0 radical (unpaired) electrons. The topological polar surface area (TPSA) is 47.6 Å². The Hall–Kier alpha value is -1.55. The van der Waals surface area contributed by atoms with Gasteiger partial charge in [0.25, 0.3) is 0 Å². The predicted molar refractivity (Wildman–Crippen MR) is 74.3 cm³/mol. The highest BCUT2D eigenvalue weighted by atomic mass is 16.5. The first-order valence-electron chi connectivity index (χ1n) is 6.58. The first-order valence-corrected chi connectivity index (χ1v) is 6.58. The van der Waals surface area contributed by atoms with Crippen molar-refractivity contribution in [2.75, 3.05) is 32.2 Å². The first kappa shape index (κ1) is 13.9. The molecular weight excluding hydrogens is 242 g/mol. The van der Waals surface area contributed by atoms with Gasteiger partial charge in [0, 0.05) is 12.2 Å². The van der Waals surface area contributed by atoms with Gasteiger partial charge in [0.1, 0.15) is 5.41 Å². The molecule has 1 aromatic rings. The van der Waals surface area contributed by atoms with E-state index in [1.54, 1.807) is 0 Å². The number of rotatable bonds is 5. The molecule has 19 heavy (non-hydrogen) atoms. The number of hydrogen-bond acceptors (Lipinski definition) is 4. The summed E-state index contributed by atoms with van der Waals surface area (Å²) in [5, 5.41) is 3.37. The maximum Gasteiger partial charge on any atom is 0.318 e. The molecule has 1 aromatic carbocycles. The molecule has 0 aromatic heterocycles. The van der Waals surface area contributed by atoms with Gasteiger partial charge in [-0.05, 0) is 17.5 Å². The van der Waals surface area contributed by atoms with Crippen LogP contribution in [0.5, 0.6) is 0 Å². The van der Waals surface area contributed by atoms with Crippen LogP contribution in [0.1, 0.15) is 25.3 Å². The van der Waals surface area contributed by atoms with Crippen molar-refractivity contribution in [1.29, 1.82) is 0 Å². The van der Waals surface area contributed by atoms with Gasteiger partial charge in [-0.1, -0.05) is 32.0 Å². The number of carbonyl (C=O) groups excluding carboxylic acids is 1. The van der Waals surface area contributed by atoms with Crippen LogP contribution in [0.4, 0.5) is 5.69 Å². The number of methoxy groups -OCH3 is 1. The summed E-state index contributed by atoms with van der Waals surface area (Å²) in [4.78, 5) is 11.8. The third-order valence-corrected chi connectivity index (χ3v) is 3.58. The maximum atomic E-state index is 11.8. The maximum absolute atomic E-state index is 11.8. The van der Waals surface area contributed by atoms with Crippen LogP contribution in [0.15, 0.2) is 24.3 Å². The number of anilines is 1. The lowest BCUT2D eigenvalue weighted by Crippen LogP contribution is -2.54. The summed E-state index contributed by atoms with van der Waals surface area (Å²) in [7, 11) is 1.42. The molecule has 0 aliphatic carbocycles. The minimum atomic E-state index is -0.529. The molecule has 1 heterocycles. The fraction of sp³-hybridized carbons (Fsp3) is 0.533. The zero-order valence-corrected chi connectivity index (χ0v) is 11.7. The van der Waals surface area contributed by atoms with Crippen molar-refractivity contribution in [2.24, 2.45) is 5.41 Å². The number of hydrogen-bond donors (Lipinski definition) is 1. The van der Waals surface area contributed by atoms with Gasteiger partial charge >= 0.3 is 5.97 Å². The second-order valence-electron chi connectivity index (χ2n) is 5.36. The lowest BCUT2D eigenvalue weighted by atomic mass is 9.85. The molecule has 1 saturated heterocycles. The lowest BCUT2D eigenvalue weighted by molar-refractivity contribution is -0.180. The summed E-state index contributed by atoms with van der Waals surface area (Å²) >= 11 is 0. The highest BCUT2D eigenvalue weighted by molar-refractivity contribution is 5.79. The third-order valence-electron chi connectivity index (χ3n) is 3.58. The largest absolute Gasteiger partial charge is 0.468 e. The van der Waals surface area contributed by atoms with Crippen LogP contribution in [0.25, 0.3) is 0 Å². The van der Waals surface area contributed by atoms with Crippen LogP contribution in [0, 0.1) is 5.41 Å². The zero-order chi connectivity index (χ0) is 13.9. The molecule has 104 valence electrons. The molecule has 0 spiro atoms.